The maximum absolute atomic E-state index is 5.72. The minimum atomic E-state index is 0. The molecule has 3 nitrogen and oxygen atoms in total. The fourth-order valence-electron chi connectivity index (χ4n) is 0.633. The van der Waals surface area contributed by atoms with Crippen LogP contribution in [0.15, 0.2) is 0 Å². The first-order valence-electron chi connectivity index (χ1n) is 2.78. The second kappa shape index (κ2) is 4.83. The predicted octanol–water partition coefficient (Wildman–Crippen LogP) is 1.86. The molecule has 0 spiro atoms. The van der Waals surface area contributed by atoms with Gasteiger partial charge in [0, 0.05) is 6.54 Å². The molecule has 0 amide bonds. The summed E-state index contributed by atoms with van der Waals surface area (Å²) < 4.78 is 0. The van der Waals surface area contributed by atoms with Gasteiger partial charge in [0.15, 0.2) is 5.15 Å². The Bertz CT molecular complexity index is 223. The number of rotatable bonds is 2. The van der Waals surface area contributed by atoms with E-state index in [-0.39, 0.29) is 12.4 Å². The standard InChI is InChI=1S/C5H7Cl2N3.ClH/c1-8-2-3-4(6)5(7)10-9-3;/h8H,2H2,1H3,(H,9,10);1H. The summed E-state index contributed by atoms with van der Waals surface area (Å²) in [6, 6.07) is 0. The zero-order chi connectivity index (χ0) is 7.56. The molecule has 0 bridgehead atoms. The van der Waals surface area contributed by atoms with Crippen LogP contribution in [0.5, 0.6) is 0 Å². The van der Waals surface area contributed by atoms with Crippen molar-refractivity contribution in [2.24, 2.45) is 0 Å². The van der Waals surface area contributed by atoms with Crippen LogP contribution >= 0.6 is 35.6 Å². The molecule has 0 saturated carbocycles. The molecule has 11 heavy (non-hydrogen) atoms. The quantitative estimate of drug-likeness (QED) is 0.792. The number of aromatic amines is 1. The van der Waals surface area contributed by atoms with E-state index in [9.17, 15) is 0 Å². The summed E-state index contributed by atoms with van der Waals surface area (Å²) in [5, 5.41) is 10.1. The van der Waals surface area contributed by atoms with Crippen LogP contribution in [-0.4, -0.2) is 17.2 Å². The summed E-state index contributed by atoms with van der Waals surface area (Å²) in [5.74, 6) is 0. The average Bonchev–Trinajstić information content (AvgIpc) is 2.20. The van der Waals surface area contributed by atoms with Crippen molar-refractivity contribution in [3.63, 3.8) is 0 Å². The molecule has 0 unspecified atom stereocenters. The van der Waals surface area contributed by atoms with E-state index in [1.165, 1.54) is 0 Å². The Kier molecular flexibility index (Phi) is 4.84. The lowest BCUT2D eigenvalue weighted by Gasteiger charge is -1.93. The molecular formula is C5H8Cl3N3. The lowest BCUT2D eigenvalue weighted by atomic mass is 10.4. The Labute approximate surface area is 80.9 Å². The Morgan fingerprint density at radius 2 is 2.18 bits per heavy atom. The fraction of sp³-hybridized carbons (Fsp3) is 0.400. The van der Waals surface area contributed by atoms with E-state index < -0.39 is 0 Å². The second-order valence-electron chi connectivity index (χ2n) is 1.84. The van der Waals surface area contributed by atoms with Crippen LogP contribution in [0.4, 0.5) is 0 Å². The molecule has 1 heterocycles. The van der Waals surface area contributed by atoms with Gasteiger partial charge in [-0.15, -0.1) is 12.4 Å². The topological polar surface area (TPSA) is 40.7 Å². The first-order chi connectivity index (χ1) is 4.75. The van der Waals surface area contributed by atoms with Crippen molar-refractivity contribution in [1.29, 1.82) is 0 Å². The van der Waals surface area contributed by atoms with Crippen molar-refractivity contribution in [1.82, 2.24) is 15.5 Å². The van der Waals surface area contributed by atoms with Crippen LogP contribution in [0.1, 0.15) is 5.69 Å². The third kappa shape index (κ3) is 2.52. The maximum Gasteiger partial charge on any atom is 0.169 e. The van der Waals surface area contributed by atoms with Gasteiger partial charge in [-0.2, -0.15) is 5.10 Å². The second-order valence-corrected chi connectivity index (χ2v) is 2.57. The number of hydrogen-bond donors (Lipinski definition) is 2. The summed E-state index contributed by atoms with van der Waals surface area (Å²) >= 11 is 11.3. The van der Waals surface area contributed by atoms with E-state index in [1.807, 2.05) is 7.05 Å². The van der Waals surface area contributed by atoms with Gasteiger partial charge in [-0.1, -0.05) is 23.2 Å². The average molecular weight is 216 g/mol. The summed E-state index contributed by atoms with van der Waals surface area (Å²) in [6.45, 7) is 0.651. The SMILES string of the molecule is CNCc1[nH]nc(Cl)c1Cl.Cl. The minimum absolute atomic E-state index is 0. The number of aromatic nitrogens is 2. The molecule has 0 radical (unpaired) electrons. The summed E-state index contributed by atoms with van der Waals surface area (Å²) in [5.41, 5.74) is 0.814. The van der Waals surface area contributed by atoms with Gasteiger partial charge in [0.2, 0.25) is 0 Å². The zero-order valence-electron chi connectivity index (χ0n) is 5.82. The molecule has 1 aromatic rings. The number of H-pyrrole nitrogens is 1. The molecule has 0 atom stereocenters. The molecule has 0 saturated heterocycles. The Hall–Kier alpha value is 0.0400. The molecule has 1 rings (SSSR count). The van der Waals surface area contributed by atoms with Crippen LogP contribution in [0.25, 0.3) is 0 Å². The number of halogens is 3. The van der Waals surface area contributed by atoms with Gasteiger partial charge in [-0.25, -0.2) is 0 Å². The lowest BCUT2D eigenvalue weighted by molar-refractivity contribution is 0.784. The maximum atomic E-state index is 5.72. The molecule has 2 N–H and O–H groups in total. The molecule has 6 heteroatoms. The molecule has 0 aliphatic heterocycles. The Morgan fingerprint density at radius 3 is 2.55 bits per heavy atom. The molecule has 1 aromatic heterocycles. The van der Waals surface area contributed by atoms with Crippen molar-refractivity contribution in [3.8, 4) is 0 Å². The third-order valence-electron chi connectivity index (χ3n) is 1.09. The minimum Gasteiger partial charge on any atom is -0.314 e. The highest BCUT2D eigenvalue weighted by molar-refractivity contribution is 6.41. The van der Waals surface area contributed by atoms with Gasteiger partial charge in [0.25, 0.3) is 0 Å². The molecular weight excluding hydrogens is 208 g/mol. The monoisotopic (exact) mass is 215 g/mol. The highest BCUT2D eigenvalue weighted by atomic mass is 35.5. The van der Waals surface area contributed by atoms with Crippen LogP contribution in [-0.2, 0) is 6.54 Å². The summed E-state index contributed by atoms with van der Waals surface area (Å²) in [4.78, 5) is 0. The summed E-state index contributed by atoms with van der Waals surface area (Å²) in [7, 11) is 1.82. The molecule has 0 aromatic carbocycles. The highest BCUT2D eigenvalue weighted by Crippen LogP contribution is 2.21. The lowest BCUT2D eigenvalue weighted by Crippen LogP contribution is -2.05. The van der Waals surface area contributed by atoms with Crippen molar-refractivity contribution in [2.45, 2.75) is 6.54 Å². The van der Waals surface area contributed by atoms with Gasteiger partial charge < -0.3 is 5.32 Å². The van der Waals surface area contributed by atoms with Crippen LogP contribution in [0, 0.1) is 0 Å². The van der Waals surface area contributed by atoms with Crippen molar-refractivity contribution < 1.29 is 0 Å². The number of nitrogens with zero attached hydrogens (tertiary/aromatic N) is 1. The Morgan fingerprint density at radius 1 is 1.55 bits per heavy atom. The van der Waals surface area contributed by atoms with Crippen LogP contribution in [0.2, 0.25) is 10.2 Å². The van der Waals surface area contributed by atoms with E-state index in [2.05, 4.69) is 15.5 Å². The van der Waals surface area contributed by atoms with E-state index in [0.717, 1.165) is 5.69 Å². The molecule has 64 valence electrons. The first-order valence-corrected chi connectivity index (χ1v) is 3.54. The van der Waals surface area contributed by atoms with Gasteiger partial charge in [0.1, 0.15) is 5.02 Å². The zero-order valence-corrected chi connectivity index (χ0v) is 8.15. The highest BCUT2D eigenvalue weighted by Gasteiger charge is 2.06. The summed E-state index contributed by atoms with van der Waals surface area (Å²) in [6.07, 6.45) is 0. The Balaban J connectivity index is 0.000001000. The third-order valence-corrected chi connectivity index (χ3v) is 1.87. The molecule has 0 aliphatic carbocycles. The van der Waals surface area contributed by atoms with E-state index in [0.29, 0.717) is 16.7 Å². The van der Waals surface area contributed by atoms with Gasteiger partial charge >= 0.3 is 0 Å². The van der Waals surface area contributed by atoms with Crippen molar-refractivity contribution >= 4 is 35.6 Å². The molecule has 0 fully saturated rings. The van der Waals surface area contributed by atoms with Gasteiger partial charge in [0.05, 0.1) is 5.69 Å². The fourth-order valence-corrected chi connectivity index (χ4v) is 0.941. The van der Waals surface area contributed by atoms with Crippen LogP contribution in [0.3, 0.4) is 0 Å². The van der Waals surface area contributed by atoms with E-state index in [4.69, 9.17) is 23.2 Å². The van der Waals surface area contributed by atoms with Gasteiger partial charge in [-0.05, 0) is 7.05 Å². The smallest absolute Gasteiger partial charge is 0.169 e. The largest absolute Gasteiger partial charge is 0.314 e. The predicted molar refractivity (Wildman–Crippen MR) is 48.6 cm³/mol. The number of nitrogens with one attached hydrogen (secondary N) is 2. The molecule has 0 aliphatic rings. The van der Waals surface area contributed by atoms with Crippen molar-refractivity contribution in [3.05, 3.63) is 15.9 Å². The number of hydrogen-bond acceptors (Lipinski definition) is 2. The van der Waals surface area contributed by atoms with E-state index in [1.54, 1.807) is 0 Å². The first kappa shape index (κ1) is 11.0. The van der Waals surface area contributed by atoms with Gasteiger partial charge in [-0.3, -0.25) is 5.10 Å². The van der Waals surface area contributed by atoms with Crippen LogP contribution < -0.4 is 5.32 Å². The van der Waals surface area contributed by atoms with E-state index >= 15 is 0 Å². The van der Waals surface area contributed by atoms with Crippen molar-refractivity contribution in [2.75, 3.05) is 7.05 Å². The normalized spacial score (nSPS) is 9.36.